The number of hydrogen-bond acceptors (Lipinski definition) is 8. The summed E-state index contributed by atoms with van der Waals surface area (Å²) >= 11 is 0. The van der Waals surface area contributed by atoms with Gasteiger partial charge in [0.2, 0.25) is 29.4 Å². The average Bonchev–Trinajstić information content (AvgIpc) is 3.35. The monoisotopic (exact) mass is 738 g/mol. The number of likely N-dealkylation sites (tertiary alicyclic amines) is 1. The highest BCUT2D eigenvalue weighted by Crippen LogP contribution is 2.65. The molecule has 3 fully saturated rings. The first-order chi connectivity index (χ1) is 24.5. The molecule has 0 unspecified atom stereocenters. The number of nitrogens with one attached hydrogen (secondary N) is 4. The second-order valence-electron chi connectivity index (χ2n) is 17.6. The Morgan fingerprint density at radius 3 is 2.08 bits per heavy atom. The van der Waals surface area contributed by atoms with Crippen LogP contribution < -0.4 is 21.3 Å². The number of amides is 6. The number of Topliss-reactive ketones (excluding diaryl/α,β-unsaturated/α-hetero) is 1. The first-order valence-electron chi connectivity index (χ1n) is 18.5. The van der Waals surface area contributed by atoms with Gasteiger partial charge in [-0.1, -0.05) is 84.2 Å². The predicted molar refractivity (Wildman–Crippen MR) is 197 cm³/mol. The minimum Gasteiger partial charge on any atom is -0.444 e. The first kappa shape index (κ1) is 41.3. The van der Waals surface area contributed by atoms with Crippen LogP contribution in [0.5, 0.6) is 0 Å². The highest BCUT2D eigenvalue weighted by atomic mass is 16.6. The molecule has 0 bridgehead atoms. The van der Waals surface area contributed by atoms with Crippen molar-refractivity contribution in [3.05, 3.63) is 35.9 Å². The van der Waals surface area contributed by atoms with Crippen molar-refractivity contribution in [3.63, 3.8) is 0 Å². The Labute approximate surface area is 312 Å². The molecule has 2 saturated carbocycles. The maximum Gasteiger partial charge on any atom is 0.408 e. The first-order valence-corrected chi connectivity index (χ1v) is 18.5. The number of ketones is 1. The van der Waals surface area contributed by atoms with Gasteiger partial charge in [-0.25, -0.2) is 4.79 Å². The maximum absolute atomic E-state index is 14.2. The molecule has 1 saturated heterocycles. The van der Waals surface area contributed by atoms with Gasteiger partial charge in [0, 0.05) is 20.6 Å². The number of benzene rings is 1. The van der Waals surface area contributed by atoms with Gasteiger partial charge in [-0.2, -0.15) is 0 Å². The molecular formula is C39H58N6O8. The number of ether oxygens (including phenoxy) is 1. The fourth-order valence-corrected chi connectivity index (χ4v) is 7.41. The second kappa shape index (κ2) is 15.9. The summed E-state index contributed by atoms with van der Waals surface area (Å²) in [7, 11) is 3.13. The van der Waals surface area contributed by atoms with Gasteiger partial charge in [0.1, 0.15) is 23.7 Å². The lowest BCUT2D eigenvalue weighted by molar-refractivity contribution is -0.145. The third kappa shape index (κ3) is 9.94. The number of carbonyl (C=O) groups is 7. The molecule has 53 heavy (non-hydrogen) atoms. The van der Waals surface area contributed by atoms with Crippen LogP contribution in [-0.2, 0) is 33.5 Å². The van der Waals surface area contributed by atoms with Crippen LogP contribution in [0.1, 0.15) is 92.7 Å². The van der Waals surface area contributed by atoms with E-state index >= 15 is 0 Å². The molecule has 0 spiro atoms. The minimum absolute atomic E-state index is 0.0334. The van der Waals surface area contributed by atoms with Crippen molar-refractivity contribution in [3.8, 4) is 0 Å². The van der Waals surface area contributed by atoms with E-state index in [1.54, 1.807) is 65.2 Å². The number of rotatable bonds is 13. The Kier molecular flexibility index (Phi) is 12.3. The number of piperidine rings is 1. The predicted octanol–water partition coefficient (Wildman–Crippen LogP) is 2.71. The maximum atomic E-state index is 14.2. The third-order valence-corrected chi connectivity index (χ3v) is 10.7. The summed E-state index contributed by atoms with van der Waals surface area (Å²) in [5.74, 6) is -3.99. The summed E-state index contributed by atoms with van der Waals surface area (Å²) in [4.78, 5) is 96.8. The standard InChI is InChI=1S/C39H58N6O8/c1-37(2,3)31(43-36(52)53-38(4,5)6)35(51)45-21-24-27(39(24,7)8)29(45)32(48)41-25(19-22-15-14-16-22)30(47)33(49)40-20-26(46)42-28(34(50)44(9)10)23-17-12-11-13-18-23/h11-13,17-18,22,24-25,27-29,31H,14-16,19-21H2,1-10H3,(H,40,49)(H,41,48)(H,42,46)(H,43,52)/t24-,25-,27-,28-,29-,31+/m0/s1. The molecule has 14 nitrogen and oxygen atoms in total. The van der Waals surface area contributed by atoms with Gasteiger partial charge in [0.05, 0.1) is 12.6 Å². The molecule has 2 aliphatic carbocycles. The molecule has 0 radical (unpaired) electrons. The van der Waals surface area contributed by atoms with Crippen LogP contribution in [-0.4, -0.2) is 102 Å². The molecule has 6 atom stereocenters. The van der Waals surface area contributed by atoms with Crippen molar-refractivity contribution in [2.24, 2.45) is 28.6 Å². The fraction of sp³-hybridized carbons (Fsp3) is 0.667. The molecule has 292 valence electrons. The van der Waals surface area contributed by atoms with Gasteiger partial charge >= 0.3 is 6.09 Å². The van der Waals surface area contributed by atoms with Gasteiger partial charge < -0.3 is 35.8 Å². The molecule has 4 rings (SSSR count). The Morgan fingerprint density at radius 1 is 0.925 bits per heavy atom. The Morgan fingerprint density at radius 2 is 1.55 bits per heavy atom. The number of carbonyl (C=O) groups excluding carboxylic acids is 7. The molecule has 3 aliphatic rings. The largest absolute Gasteiger partial charge is 0.444 e. The van der Waals surface area contributed by atoms with Crippen molar-refractivity contribution >= 4 is 41.4 Å². The van der Waals surface area contributed by atoms with Crippen LogP contribution in [0.15, 0.2) is 30.3 Å². The van der Waals surface area contributed by atoms with Crippen LogP contribution in [0.4, 0.5) is 4.79 Å². The Bertz CT molecular complexity index is 1580. The Hall–Kier alpha value is -4.49. The highest BCUT2D eigenvalue weighted by molar-refractivity contribution is 6.38. The summed E-state index contributed by atoms with van der Waals surface area (Å²) in [6.07, 6.45) is 2.16. The lowest BCUT2D eigenvalue weighted by Gasteiger charge is -2.38. The zero-order valence-corrected chi connectivity index (χ0v) is 32.8. The molecule has 6 amide bonds. The van der Waals surface area contributed by atoms with Gasteiger partial charge in [-0.05, 0) is 61.3 Å². The lowest BCUT2D eigenvalue weighted by Crippen LogP contribution is -2.61. The summed E-state index contributed by atoms with van der Waals surface area (Å²) in [6, 6.07) is 4.55. The number of fused-ring (bicyclic) bond motifs is 1. The molecule has 1 heterocycles. The quantitative estimate of drug-likeness (QED) is 0.223. The number of nitrogens with zero attached hydrogens (tertiary/aromatic N) is 2. The van der Waals surface area contributed by atoms with Crippen molar-refractivity contribution in [1.82, 2.24) is 31.1 Å². The van der Waals surface area contributed by atoms with Crippen LogP contribution in [0.25, 0.3) is 0 Å². The molecule has 1 aromatic rings. The second-order valence-corrected chi connectivity index (χ2v) is 17.6. The molecule has 4 N–H and O–H groups in total. The molecule has 0 aromatic heterocycles. The zero-order valence-electron chi connectivity index (χ0n) is 32.8. The van der Waals surface area contributed by atoms with E-state index in [1.807, 2.05) is 34.6 Å². The summed E-state index contributed by atoms with van der Waals surface area (Å²) in [6.45, 7) is 14.4. The number of hydrogen-bond donors (Lipinski definition) is 4. The van der Waals surface area contributed by atoms with Crippen LogP contribution >= 0.6 is 0 Å². The van der Waals surface area contributed by atoms with Crippen molar-refractivity contribution in [1.29, 1.82) is 0 Å². The minimum atomic E-state index is -1.18. The summed E-state index contributed by atoms with van der Waals surface area (Å²) in [5, 5.41) is 10.6. The van der Waals surface area contributed by atoms with E-state index in [-0.39, 0.29) is 35.5 Å². The summed E-state index contributed by atoms with van der Waals surface area (Å²) < 4.78 is 5.44. The Balaban J connectivity index is 1.48. The van der Waals surface area contributed by atoms with E-state index in [0.29, 0.717) is 12.1 Å². The van der Waals surface area contributed by atoms with Crippen molar-refractivity contribution in [2.75, 3.05) is 27.2 Å². The molecule has 14 heteroatoms. The van der Waals surface area contributed by atoms with E-state index in [1.165, 1.54) is 9.80 Å². The van der Waals surface area contributed by atoms with Gasteiger partial charge in [0.15, 0.2) is 0 Å². The smallest absolute Gasteiger partial charge is 0.408 e. The lowest BCUT2D eigenvalue weighted by atomic mass is 9.80. The van der Waals surface area contributed by atoms with E-state index in [9.17, 15) is 33.6 Å². The van der Waals surface area contributed by atoms with Crippen molar-refractivity contribution < 1.29 is 38.3 Å². The van der Waals surface area contributed by atoms with E-state index in [4.69, 9.17) is 4.74 Å². The van der Waals surface area contributed by atoms with Crippen LogP contribution in [0.3, 0.4) is 0 Å². The molecular weight excluding hydrogens is 680 g/mol. The summed E-state index contributed by atoms with van der Waals surface area (Å²) in [5.41, 5.74) is -1.20. The molecule has 1 aromatic carbocycles. The van der Waals surface area contributed by atoms with Crippen molar-refractivity contribution in [2.45, 2.75) is 111 Å². The topological polar surface area (TPSA) is 183 Å². The number of likely N-dealkylation sites (N-methyl/N-ethyl adjacent to an activating group) is 1. The highest BCUT2D eigenvalue weighted by Gasteiger charge is 2.70. The van der Waals surface area contributed by atoms with E-state index < -0.39 is 77.2 Å². The van der Waals surface area contributed by atoms with Gasteiger partial charge in [-0.15, -0.1) is 0 Å². The normalized spacial score (nSPS) is 22.2. The van der Waals surface area contributed by atoms with Gasteiger partial charge in [0.25, 0.3) is 5.91 Å². The SMILES string of the molecule is CN(C)C(=O)[C@@H](NC(=O)CNC(=O)C(=O)[C@H](CC1CCC1)NC(=O)[C@@H]1[C@@H]2[C@H](CN1C(=O)[C@@H](NC(=O)OC(C)(C)C)C(C)(C)C)C2(C)C)c1ccccc1. The van der Waals surface area contributed by atoms with E-state index in [0.717, 1.165) is 19.3 Å². The molecule has 1 aliphatic heterocycles. The zero-order chi connectivity index (χ0) is 39.6. The van der Waals surface area contributed by atoms with Gasteiger partial charge in [-0.3, -0.25) is 28.8 Å². The van der Waals surface area contributed by atoms with Crippen LogP contribution in [0, 0.1) is 28.6 Å². The number of alkyl carbamates (subject to hydrolysis) is 1. The average molecular weight is 739 g/mol. The van der Waals surface area contributed by atoms with Crippen LogP contribution in [0.2, 0.25) is 0 Å². The van der Waals surface area contributed by atoms with E-state index in [2.05, 4.69) is 21.3 Å². The third-order valence-electron chi connectivity index (χ3n) is 10.7. The fourth-order valence-electron chi connectivity index (χ4n) is 7.41.